The van der Waals surface area contributed by atoms with Gasteiger partial charge in [-0.05, 0) is 24.7 Å². The van der Waals surface area contributed by atoms with Gasteiger partial charge >= 0.3 is 0 Å². The van der Waals surface area contributed by atoms with Crippen LogP contribution in [0.2, 0.25) is 0 Å². The molecule has 0 spiro atoms. The van der Waals surface area contributed by atoms with Crippen LogP contribution in [0.15, 0.2) is 30.6 Å². The average molecular weight is 543 g/mol. The van der Waals surface area contributed by atoms with Crippen LogP contribution >= 0.6 is 0 Å². The normalized spacial score (nSPS) is 11.9. The van der Waals surface area contributed by atoms with Crippen molar-refractivity contribution in [2.45, 2.75) is 207 Å². The zero-order chi connectivity index (χ0) is 28.1. The molecule has 0 aliphatic carbocycles. The number of rotatable bonds is 30. The van der Waals surface area contributed by atoms with Crippen LogP contribution in [0.4, 0.5) is 0 Å². The molecule has 0 saturated heterocycles. The van der Waals surface area contributed by atoms with Crippen molar-refractivity contribution in [1.29, 1.82) is 0 Å². The molecule has 1 rings (SSSR count). The van der Waals surface area contributed by atoms with E-state index in [2.05, 4.69) is 55.9 Å². The Labute approximate surface area is 247 Å². The molecule has 0 aliphatic rings. The maximum Gasteiger partial charge on any atom is 0.168 e. The van der Waals surface area contributed by atoms with Gasteiger partial charge in [0.1, 0.15) is 6.54 Å². The smallest absolute Gasteiger partial charge is 0.168 e. The summed E-state index contributed by atoms with van der Waals surface area (Å²) in [4.78, 5) is 0. The Morgan fingerprint density at radius 3 is 1.00 bits per heavy atom. The van der Waals surface area contributed by atoms with Crippen LogP contribution in [0.25, 0.3) is 0 Å². The third-order valence-corrected chi connectivity index (χ3v) is 9.36. The summed E-state index contributed by atoms with van der Waals surface area (Å²) in [5.41, 5.74) is 0.566. The van der Waals surface area contributed by atoms with E-state index >= 15 is 0 Å². The summed E-state index contributed by atoms with van der Waals surface area (Å²) in [5.74, 6) is 0. The molecule has 0 unspecified atom stereocenters. The summed E-state index contributed by atoms with van der Waals surface area (Å²) in [6.07, 6.45) is 45.0. The molecule has 228 valence electrons. The highest BCUT2D eigenvalue weighted by molar-refractivity contribution is 4.84. The second-order valence-corrected chi connectivity index (χ2v) is 13.0. The van der Waals surface area contributed by atoms with Crippen LogP contribution in [0.5, 0.6) is 0 Å². The first-order valence-corrected chi connectivity index (χ1v) is 18.2. The highest BCUT2D eigenvalue weighted by atomic mass is 14.9. The largest absolute Gasteiger partial charge is 0.205 e. The summed E-state index contributed by atoms with van der Waals surface area (Å²) in [6.45, 7) is 8.18. The van der Waals surface area contributed by atoms with E-state index in [4.69, 9.17) is 0 Å². The maximum atomic E-state index is 2.44. The Balaban J connectivity index is 2.54. The molecule has 0 N–H and O–H groups in total. The molecule has 1 heteroatoms. The van der Waals surface area contributed by atoms with Crippen molar-refractivity contribution >= 4 is 0 Å². The van der Waals surface area contributed by atoms with Gasteiger partial charge in [-0.3, -0.25) is 0 Å². The maximum absolute atomic E-state index is 2.44. The van der Waals surface area contributed by atoms with E-state index in [-0.39, 0.29) is 0 Å². The fraction of sp³-hybridized carbons (Fsp3) is 0.868. The van der Waals surface area contributed by atoms with E-state index in [1.807, 2.05) is 0 Å². The van der Waals surface area contributed by atoms with Crippen LogP contribution in [0.1, 0.15) is 201 Å². The van der Waals surface area contributed by atoms with E-state index in [0.717, 1.165) is 0 Å². The van der Waals surface area contributed by atoms with Gasteiger partial charge in [-0.15, -0.1) is 0 Å². The van der Waals surface area contributed by atoms with Gasteiger partial charge in [-0.1, -0.05) is 181 Å². The minimum atomic E-state index is 0.566. The number of unbranched alkanes of at least 4 members (excludes halogenated alkanes) is 21. The van der Waals surface area contributed by atoms with Crippen molar-refractivity contribution in [2.24, 2.45) is 5.41 Å². The number of hydrogen-bond donors (Lipinski definition) is 0. The van der Waals surface area contributed by atoms with Crippen LogP contribution < -0.4 is 4.57 Å². The lowest BCUT2D eigenvalue weighted by molar-refractivity contribution is -0.699. The Morgan fingerprint density at radius 1 is 0.359 bits per heavy atom. The summed E-state index contributed by atoms with van der Waals surface area (Å²) in [6, 6.07) is 6.56. The highest BCUT2D eigenvalue weighted by Crippen LogP contribution is 2.41. The summed E-state index contributed by atoms with van der Waals surface area (Å²) < 4.78 is 2.44. The molecule has 1 heterocycles. The minimum Gasteiger partial charge on any atom is -0.205 e. The SMILES string of the molecule is CCCCCCCCCCCCCCC(CCCCCCCC)(CCCCCCCC)CC[n+]1ccccc1. The molecule has 39 heavy (non-hydrogen) atoms. The van der Waals surface area contributed by atoms with Crippen molar-refractivity contribution in [2.75, 3.05) is 0 Å². The van der Waals surface area contributed by atoms with Crippen LogP contribution in [-0.2, 0) is 6.54 Å². The van der Waals surface area contributed by atoms with Crippen molar-refractivity contribution in [3.05, 3.63) is 30.6 Å². The van der Waals surface area contributed by atoms with E-state index < -0.39 is 0 Å². The first-order chi connectivity index (χ1) is 19.3. The molecule has 0 fully saturated rings. The third-order valence-electron chi connectivity index (χ3n) is 9.36. The number of pyridine rings is 1. The number of nitrogens with zero attached hydrogens (tertiary/aromatic N) is 1. The van der Waals surface area contributed by atoms with Crippen molar-refractivity contribution in [3.8, 4) is 0 Å². The monoisotopic (exact) mass is 543 g/mol. The summed E-state index contributed by atoms with van der Waals surface area (Å²) in [5, 5.41) is 0. The molecule has 0 aliphatic heterocycles. The van der Waals surface area contributed by atoms with Crippen molar-refractivity contribution in [1.82, 2.24) is 0 Å². The Hall–Kier alpha value is -0.850. The second kappa shape index (κ2) is 27.3. The fourth-order valence-corrected chi connectivity index (χ4v) is 6.60. The predicted octanol–water partition coefficient (Wildman–Crippen LogP) is 12.9. The lowest BCUT2D eigenvalue weighted by Crippen LogP contribution is -2.36. The lowest BCUT2D eigenvalue weighted by atomic mass is 9.71. The zero-order valence-corrected chi connectivity index (χ0v) is 27.3. The molecule has 1 aromatic heterocycles. The molecule has 0 aromatic carbocycles. The van der Waals surface area contributed by atoms with Crippen molar-refractivity contribution < 1.29 is 4.57 Å². The minimum absolute atomic E-state index is 0.566. The Morgan fingerprint density at radius 2 is 0.667 bits per heavy atom. The topological polar surface area (TPSA) is 3.88 Å². The quantitative estimate of drug-likeness (QED) is 0.0672. The van der Waals surface area contributed by atoms with Crippen molar-refractivity contribution in [3.63, 3.8) is 0 Å². The number of aryl methyl sites for hydroxylation is 1. The molecular weight excluding hydrogens is 470 g/mol. The lowest BCUT2D eigenvalue weighted by Gasteiger charge is -2.34. The molecule has 0 amide bonds. The summed E-state index contributed by atoms with van der Waals surface area (Å²) in [7, 11) is 0. The Bertz CT molecular complexity index is 578. The van der Waals surface area contributed by atoms with Gasteiger partial charge in [0, 0.05) is 18.6 Å². The summed E-state index contributed by atoms with van der Waals surface area (Å²) >= 11 is 0. The number of aromatic nitrogens is 1. The van der Waals surface area contributed by atoms with E-state index in [1.165, 1.54) is 186 Å². The number of hydrogen-bond acceptors (Lipinski definition) is 0. The van der Waals surface area contributed by atoms with Crippen LogP contribution in [0, 0.1) is 5.41 Å². The van der Waals surface area contributed by atoms with Gasteiger partial charge in [0.2, 0.25) is 0 Å². The van der Waals surface area contributed by atoms with E-state index in [0.29, 0.717) is 5.41 Å². The van der Waals surface area contributed by atoms with Gasteiger partial charge in [0.05, 0.1) is 0 Å². The molecule has 0 saturated carbocycles. The standard InChI is InChI=1S/C38H72N/c1-4-7-10-13-16-17-18-19-20-21-24-28-33-38(31-26-22-14-11-8-5-2,32-27-23-15-12-9-6-3)34-37-39-35-29-25-30-36-39/h25,29-30,35-36H,4-24,26-28,31-34,37H2,1-3H3/q+1. The second-order valence-electron chi connectivity index (χ2n) is 13.0. The molecule has 0 bridgehead atoms. The first-order valence-electron chi connectivity index (χ1n) is 18.2. The zero-order valence-electron chi connectivity index (χ0n) is 27.3. The fourth-order valence-electron chi connectivity index (χ4n) is 6.60. The molecule has 0 atom stereocenters. The third kappa shape index (κ3) is 21.6. The van der Waals surface area contributed by atoms with Gasteiger partial charge in [0.25, 0.3) is 0 Å². The van der Waals surface area contributed by atoms with Crippen LogP contribution in [-0.4, -0.2) is 0 Å². The van der Waals surface area contributed by atoms with Gasteiger partial charge < -0.3 is 0 Å². The highest BCUT2D eigenvalue weighted by Gasteiger charge is 2.30. The molecule has 1 aromatic rings. The Kier molecular flexibility index (Phi) is 25.3. The average Bonchev–Trinajstić information content (AvgIpc) is 2.96. The van der Waals surface area contributed by atoms with Crippen LogP contribution in [0.3, 0.4) is 0 Å². The first kappa shape index (κ1) is 36.2. The molecule has 1 nitrogen and oxygen atoms in total. The molecular formula is C38H72N+. The van der Waals surface area contributed by atoms with Gasteiger partial charge in [0.15, 0.2) is 12.4 Å². The van der Waals surface area contributed by atoms with Gasteiger partial charge in [-0.2, -0.15) is 0 Å². The van der Waals surface area contributed by atoms with E-state index in [9.17, 15) is 0 Å². The predicted molar refractivity (Wildman–Crippen MR) is 175 cm³/mol. The van der Waals surface area contributed by atoms with Gasteiger partial charge in [-0.25, -0.2) is 4.57 Å². The molecule has 0 radical (unpaired) electrons. The van der Waals surface area contributed by atoms with E-state index in [1.54, 1.807) is 0 Å².